The van der Waals surface area contributed by atoms with E-state index in [9.17, 15) is 0 Å². The van der Waals surface area contributed by atoms with Crippen molar-refractivity contribution in [2.75, 3.05) is 20.3 Å². The number of nitrogens with zero attached hydrogens (tertiary/aromatic N) is 1. The molecule has 0 spiro atoms. The molecule has 0 unspecified atom stereocenters. The van der Waals surface area contributed by atoms with Crippen LogP contribution in [0.4, 0.5) is 0 Å². The Balaban J connectivity index is 2.71. The van der Waals surface area contributed by atoms with Gasteiger partial charge in [-0.1, -0.05) is 27.7 Å². The van der Waals surface area contributed by atoms with Gasteiger partial charge in [-0.05, 0) is 17.5 Å². The van der Waals surface area contributed by atoms with Crippen LogP contribution < -0.4 is 10.1 Å². The molecule has 1 aromatic rings. The first-order valence-corrected chi connectivity index (χ1v) is 7.39. The van der Waals surface area contributed by atoms with Crippen LogP contribution in [-0.2, 0) is 11.3 Å². The molecule has 0 atom stereocenters. The number of ether oxygens (including phenoxy) is 2. The van der Waals surface area contributed by atoms with Crippen LogP contribution in [0.15, 0.2) is 12.1 Å². The lowest BCUT2D eigenvalue weighted by atomic mass is 10.1. The van der Waals surface area contributed by atoms with Crippen LogP contribution in [0.3, 0.4) is 0 Å². The van der Waals surface area contributed by atoms with Crippen molar-refractivity contribution in [1.82, 2.24) is 10.3 Å². The maximum Gasteiger partial charge on any atom is 0.213 e. The summed E-state index contributed by atoms with van der Waals surface area (Å²) >= 11 is 0. The molecule has 4 nitrogen and oxygen atoms in total. The molecule has 114 valence electrons. The van der Waals surface area contributed by atoms with Crippen molar-refractivity contribution in [2.45, 2.75) is 52.6 Å². The van der Waals surface area contributed by atoms with Gasteiger partial charge in [-0.15, -0.1) is 0 Å². The Morgan fingerprint density at radius 3 is 2.50 bits per heavy atom. The molecule has 1 aromatic heterocycles. The van der Waals surface area contributed by atoms with Crippen LogP contribution in [0.1, 0.15) is 51.3 Å². The maximum absolute atomic E-state index is 5.73. The fourth-order valence-corrected chi connectivity index (χ4v) is 1.76. The topological polar surface area (TPSA) is 43.4 Å². The number of rotatable bonds is 9. The minimum absolute atomic E-state index is 0.398. The Hall–Kier alpha value is -1.13. The lowest BCUT2D eigenvalue weighted by Gasteiger charge is -2.13. The highest BCUT2D eigenvalue weighted by atomic mass is 16.5. The molecule has 20 heavy (non-hydrogen) atoms. The van der Waals surface area contributed by atoms with E-state index in [0.717, 1.165) is 18.7 Å². The Labute approximate surface area is 122 Å². The van der Waals surface area contributed by atoms with E-state index in [2.05, 4.69) is 44.1 Å². The molecule has 0 aliphatic heterocycles. The first-order valence-electron chi connectivity index (χ1n) is 7.39. The van der Waals surface area contributed by atoms with E-state index in [4.69, 9.17) is 9.47 Å². The SMILES string of the molecule is COCCCOc1cc(CNC(C)C)cc(C(C)C)n1. The molecule has 0 saturated heterocycles. The van der Waals surface area contributed by atoms with Gasteiger partial charge in [-0.3, -0.25) is 0 Å². The number of hydrogen-bond donors (Lipinski definition) is 1. The van der Waals surface area contributed by atoms with Gasteiger partial charge in [0.1, 0.15) is 0 Å². The van der Waals surface area contributed by atoms with E-state index in [-0.39, 0.29) is 0 Å². The van der Waals surface area contributed by atoms with E-state index >= 15 is 0 Å². The summed E-state index contributed by atoms with van der Waals surface area (Å²) in [6.45, 7) is 10.8. The Kier molecular flexibility index (Phi) is 7.55. The Morgan fingerprint density at radius 2 is 1.90 bits per heavy atom. The van der Waals surface area contributed by atoms with Crippen molar-refractivity contribution in [3.05, 3.63) is 23.4 Å². The normalized spacial score (nSPS) is 11.3. The summed E-state index contributed by atoms with van der Waals surface area (Å²) in [6, 6.07) is 4.65. The summed E-state index contributed by atoms with van der Waals surface area (Å²) in [5, 5.41) is 3.43. The zero-order valence-electron chi connectivity index (χ0n) is 13.4. The van der Waals surface area contributed by atoms with Crippen LogP contribution in [0.25, 0.3) is 0 Å². The van der Waals surface area contributed by atoms with Gasteiger partial charge in [0.25, 0.3) is 0 Å². The van der Waals surface area contributed by atoms with E-state index < -0.39 is 0 Å². The number of hydrogen-bond acceptors (Lipinski definition) is 4. The predicted octanol–water partition coefficient (Wildman–Crippen LogP) is 3.12. The monoisotopic (exact) mass is 280 g/mol. The molecular formula is C16H28N2O2. The molecule has 0 aliphatic carbocycles. The molecule has 1 rings (SSSR count). The second-order valence-electron chi connectivity index (χ2n) is 5.62. The molecule has 0 radical (unpaired) electrons. The highest BCUT2D eigenvalue weighted by Gasteiger charge is 2.07. The molecule has 0 amide bonds. The van der Waals surface area contributed by atoms with Crippen molar-refractivity contribution in [2.24, 2.45) is 0 Å². The molecule has 0 aromatic carbocycles. The summed E-state index contributed by atoms with van der Waals surface area (Å²) in [4.78, 5) is 4.57. The van der Waals surface area contributed by atoms with E-state index in [1.807, 2.05) is 6.07 Å². The zero-order chi connectivity index (χ0) is 15.0. The van der Waals surface area contributed by atoms with Crippen molar-refractivity contribution < 1.29 is 9.47 Å². The van der Waals surface area contributed by atoms with Crippen LogP contribution in [0, 0.1) is 0 Å². The smallest absolute Gasteiger partial charge is 0.213 e. The molecule has 4 heteroatoms. The van der Waals surface area contributed by atoms with Crippen molar-refractivity contribution >= 4 is 0 Å². The number of nitrogens with one attached hydrogen (secondary N) is 1. The molecule has 0 aliphatic rings. The number of pyridine rings is 1. The van der Waals surface area contributed by atoms with E-state index in [1.54, 1.807) is 7.11 Å². The summed E-state index contributed by atoms with van der Waals surface area (Å²) < 4.78 is 10.7. The van der Waals surface area contributed by atoms with E-state index in [1.165, 1.54) is 5.56 Å². The molecule has 1 heterocycles. The van der Waals surface area contributed by atoms with Crippen molar-refractivity contribution in [3.8, 4) is 5.88 Å². The van der Waals surface area contributed by atoms with Gasteiger partial charge in [0.15, 0.2) is 0 Å². The van der Waals surface area contributed by atoms with Gasteiger partial charge in [0.2, 0.25) is 5.88 Å². The average molecular weight is 280 g/mol. The number of aromatic nitrogens is 1. The quantitative estimate of drug-likeness (QED) is 0.706. The number of methoxy groups -OCH3 is 1. The fraction of sp³-hybridized carbons (Fsp3) is 0.688. The van der Waals surface area contributed by atoms with Crippen molar-refractivity contribution in [1.29, 1.82) is 0 Å². The van der Waals surface area contributed by atoms with Gasteiger partial charge in [-0.2, -0.15) is 0 Å². The minimum atomic E-state index is 0.398. The van der Waals surface area contributed by atoms with Crippen LogP contribution in [-0.4, -0.2) is 31.3 Å². The van der Waals surface area contributed by atoms with Gasteiger partial charge in [-0.25, -0.2) is 4.98 Å². The molecule has 1 N–H and O–H groups in total. The summed E-state index contributed by atoms with van der Waals surface area (Å²) in [5.41, 5.74) is 2.30. The maximum atomic E-state index is 5.73. The second kappa shape index (κ2) is 8.93. The van der Waals surface area contributed by atoms with Gasteiger partial charge < -0.3 is 14.8 Å². The first-order chi connectivity index (χ1) is 9.52. The third-order valence-electron chi connectivity index (χ3n) is 2.93. The van der Waals surface area contributed by atoms with Crippen LogP contribution >= 0.6 is 0 Å². The second-order valence-corrected chi connectivity index (χ2v) is 5.62. The fourth-order valence-electron chi connectivity index (χ4n) is 1.76. The van der Waals surface area contributed by atoms with E-state index in [0.29, 0.717) is 31.1 Å². The average Bonchev–Trinajstić information content (AvgIpc) is 2.41. The zero-order valence-corrected chi connectivity index (χ0v) is 13.4. The lowest BCUT2D eigenvalue weighted by molar-refractivity contribution is 0.170. The third-order valence-corrected chi connectivity index (χ3v) is 2.93. The largest absolute Gasteiger partial charge is 0.478 e. The third kappa shape index (κ3) is 6.35. The van der Waals surface area contributed by atoms with Crippen LogP contribution in [0.5, 0.6) is 5.88 Å². The molecule has 0 bridgehead atoms. The molecule has 0 fully saturated rings. The first kappa shape index (κ1) is 16.9. The minimum Gasteiger partial charge on any atom is -0.478 e. The summed E-state index contributed by atoms with van der Waals surface area (Å²) in [6.07, 6.45) is 0.879. The van der Waals surface area contributed by atoms with Gasteiger partial charge in [0.05, 0.1) is 6.61 Å². The standard InChI is InChI=1S/C16H28N2O2/c1-12(2)15-9-14(11-17-13(3)4)10-16(18-15)20-8-6-7-19-5/h9-10,12-13,17H,6-8,11H2,1-5H3. The van der Waals surface area contributed by atoms with Crippen LogP contribution in [0.2, 0.25) is 0 Å². The van der Waals surface area contributed by atoms with Gasteiger partial charge >= 0.3 is 0 Å². The Morgan fingerprint density at radius 1 is 1.15 bits per heavy atom. The molecule has 0 saturated carbocycles. The summed E-state index contributed by atoms with van der Waals surface area (Å²) in [5.74, 6) is 1.11. The lowest BCUT2D eigenvalue weighted by Crippen LogP contribution is -2.22. The Bertz CT molecular complexity index is 392. The van der Waals surface area contributed by atoms with Gasteiger partial charge in [0, 0.05) is 44.5 Å². The summed E-state index contributed by atoms with van der Waals surface area (Å²) in [7, 11) is 1.70. The van der Waals surface area contributed by atoms with Crippen molar-refractivity contribution in [3.63, 3.8) is 0 Å². The highest BCUT2D eigenvalue weighted by Crippen LogP contribution is 2.19. The predicted molar refractivity (Wildman–Crippen MR) is 82.3 cm³/mol. The highest BCUT2D eigenvalue weighted by molar-refractivity contribution is 5.26. The molecular weight excluding hydrogens is 252 g/mol.